The molecule has 1 amide bonds. The van der Waals surface area contributed by atoms with Crippen LogP contribution in [0.15, 0.2) is 51.6 Å². The van der Waals surface area contributed by atoms with E-state index in [0.717, 1.165) is 5.56 Å². The van der Waals surface area contributed by atoms with Crippen LogP contribution in [0.3, 0.4) is 0 Å². The molecule has 7 heteroatoms. The van der Waals surface area contributed by atoms with Crippen molar-refractivity contribution in [2.24, 2.45) is 0 Å². The van der Waals surface area contributed by atoms with Gasteiger partial charge in [-0.2, -0.15) is 4.98 Å². The second kappa shape index (κ2) is 6.78. The number of aryl methyl sites for hydroxylation is 1. The molecule has 118 valence electrons. The molecule has 0 atom stereocenters. The van der Waals surface area contributed by atoms with E-state index in [9.17, 15) is 4.79 Å². The number of amides is 1. The summed E-state index contributed by atoms with van der Waals surface area (Å²) in [5.74, 6) is 1.97. The summed E-state index contributed by atoms with van der Waals surface area (Å²) >= 11 is 0. The van der Waals surface area contributed by atoms with Gasteiger partial charge in [-0.15, -0.1) is 0 Å². The van der Waals surface area contributed by atoms with E-state index in [-0.39, 0.29) is 12.5 Å². The Balaban J connectivity index is 1.54. The number of hydrogen-bond donors (Lipinski definition) is 1. The minimum atomic E-state index is -0.236. The Hall–Kier alpha value is -3.09. The highest BCUT2D eigenvalue weighted by atomic mass is 16.5. The molecule has 3 aromatic rings. The van der Waals surface area contributed by atoms with Gasteiger partial charge in [-0.3, -0.25) is 4.79 Å². The van der Waals surface area contributed by atoms with E-state index in [1.54, 1.807) is 43.5 Å². The first-order chi connectivity index (χ1) is 11.2. The summed E-state index contributed by atoms with van der Waals surface area (Å²) in [6.07, 6.45) is 1.56. The quantitative estimate of drug-likeness (QED) is 0.751. The van der Waals surface area contributed by atoms with Crippen molar-refractivity contribution in [3.8, 4) is 17.2 Å². The number of aromatic nitrogens is 2. The predicted octanol–water partition coefficient (Wildman–Crippen LogP) is 2.33. The number of carbonyl (C=O) groups excluding carboxylic acids is 1. The summed E-state index contributed by atoms with van der Waals surface area (Å²) in [6.45, 7) is 1.99. The van der Waals surface area contributed by atoms with Gasteiger partial charge in [0.25, 0.3) is 11.8 Å². The first-order valence-electron chi connectivity index (χ1n) is 7.03. The molecule has 0 saturated heterocycles. The van der Waals surface area contributed by atoms with Gasteiger partial charge < -0.3 is 19.0 Å². The maximum atomic E-state index is 11.8. The Morgan fingerprint density at radius 2 is 2.22 bits per heavy atom. The molecule has 2 heterocycles. The highest BCUT2D eigenvalue weighted by Crippen LogP contribution is 2.22. The van der Waals surface area contributed by atoms with Crippen LogP contribution in [0, 0.1) is 6.92 Å². The summed E-state index contributed by atoms with van der Waals surface area (Å²) in [5.41, 5.74) is 0.735. The van der Waals surface area contributed by atoms with Crippen molar-refractivity contribution in [3.63, 3.8) is 0 Å². The first-order valence-corrected chi connectivity index (χ1v) is 7.03. The lowest BCUT2D eigenvalue weighted by atomic mass is 10.2. The molecule has 0 unspecified atom stereocenters. The minimum absolute atomic E-state index is 0.0903. The van der Waals surface area contributed by atoms with E-state index >= 15 is 0 Å². The molecule has 0 fully saturated rings. The summed E-state index contributed by atoms with van der Waals surface area (Å²) in [4.78, 5) is 15.9. The SMILES string of the molecule is Cc1noc(-c2cccc(OCC(=O)NCc3ccco3)c2)n1. The zero-order valence-corrected chi connectivity index (χ0v) is 12.5. The van der Waals surface area contributed by atoms with E-state index in [4.69, 9.17) is 13.7 Å². The topological polar surface area (TPSA) is 90.4 Å². The Bertz CT molecular complexity index is 780. The van der Waals surface area contributed by atoms with Crippen LogP contribution in [-0.2, 0) is 11.3 Å². The maximum Gasteiger partial charge on any atom is 0.258 e. The van der Waals surface area contributed by atoms with Gasteiger partial charge in [0.05, 0.1) is 12.8 Å². The average Bonchev–Trinajstić information content (AvgIpc) is 3.23. The molecule has 1 aromatic carbocycles. The number of hydrogen-bond acceptors (Lipinski definition) is 6. The highest BCUT2D eigenvalue weighted by molar-refractivity contribution is 5.77. The number of carbonyl (C=O) groups is 1. The second-order valence-electron chi connectivity index (χ2n) is 4.82. The Morgan fingerprint density at radius 1 is 1.30 bits per heavy atom. The van der Waals surface area contributed by atoms with Crippen molar-refractivity contribution in [2.75, 3.05) is 6.61 Å². The van der Waals surface area contributed by atoms with Crippen LogP contribution in [0.25, 0.3) is 11.5 Å². The highest BCUT2D eigenvalue weighted by Gasteiger charge is 2.08. The summed E-state index contributed by atoms with van der Waals surface area (Å²) < 4.78 is 15.7. The Kier molecular flexibility index (Phi) is 4.37. The van der Waals surface area contributed by atoms with Crippen LogP contribution in [0.5, 0.6) is 5.75 Å². The largest absolute Gasteiger partial charge is 0.484 e. The summed E-state index contributed by atoms with van der Waals surface area (Å²) in [5, 5.41) is 6.45. The van der Waals surface area contributed by atoms with Gasteiger partial charge in [0.2, 0.25) is 0 Å². The van der Waals surface area contributed by atoms with E-state index in [1.165, 1.54) is 0 Å². The van der Waals surface area contributed by atoms with E-state index in [1.807, 2.05) is 6.07 Å². The van der Waals surface area contributed by atoms with Crippen molar-refractivity contribution in [3.05, 3.63) is 54.2 Å². The number of nitrogens with one attached hydrogen (secondary N) is 1. The van der Waals surface area contributed by atoms with Gasteiger partial charge in [0, 0.05) is 5.56 Å². The normalized spacial score (nSPS) is 10.5. The van der Waals surface area contributed by atoms with E-state index in [2.05, 4.69) is 15.5 Å². The zero-order valence-electron chi connectivity index (χ0n) is 12.5. The van der Waals surface area contributed by atoms with Crippen molar-refractivity contribution >= 4 is 5.91 Å². The molecule has 7 nitrogen and oxygen atoms in total. The number of rotatable bonds is 6. The molecule has 1 N–H and O–H groups in total. The fourth-order valence-electron chi connectivity index (χ4n) is 1.93. The lowest BCUT2D eigenvalue weighted by Crippen LogP contribution is -2.28. The maximum absolute atomic E-state index is 11.8. The first kappa shape index (κ1) is 14.8. The molecular weight excluding hydrogens is 298 g/mol. The van der Waals surface area contributed by atoms with Crippen LogP contribution >= 0.6 is 0 Å². The fourth-order valence-corrected chi connectivity index (χ4v) is 1.93. The molecule has 0 saturated carbocycles. The van der Waals surface area contributed by atoms with Gasteiger partial charge in [-0.1, -0.05) is 11.2 Å². The molecule has 0 spiro atoms. The standard InChI is InChI=1S/C16H15N3O4/c1-11-18-16(23-19-11)12-4-2-5-13(8-12)22-10-15(20)17-9-14-6-3-7-21-14/h2-8H,9-10H2,1H3,(H,17,20). The minimum Gasteiger partial charge on any atom is -0.484 e. The number of ether oxygens (including phenoxy) is 1. The molecule has 2 aromatic heterocycles. The molecule has 0 aliphatic carbocycles. The van der Waals surface area contributed by atoms with Gasteiger partial charge >= 0.3 is 0 Å². The smallest absolute Gasteiger partial charge is 0.258 e. The number of nitrogens with zero attached hydrogens (tertiary/aromatic N) is 2. The van der Waals surface area contributed by atoms with Gasteiger partial charge in [-0.05, 0) is 37.3 Å². The third-order valence-electron chi connectivity index (χ3n) is 3.02. The van der Waals surface area contributed by atoms with Crippen molar-refractivity contribution in [1.82, 2.24) is 15.5 Å². The third kappa shape index (κ3) is 3.97. The van der Waals surface area contributed by atoms with Gasteiger partial charge in [0.15, 0.2) is 12.4 Å². The summed E-state index contributed by atoms with van der Waals surface area (Å²) in [7, 11) is 0. The number of benzene rings is 1. The van der Waals surface area contributed by atoms with Crippen LogP contribution in [0.4, 0.5) is 0 Å². The monoisotopic (exact) mass is 313 g/mol. The van der Waals surface area contributed by atoms with E-state index < -0.39 is 0 Å². The molecule has 0 bridgehead atoms. The second-order valence-corrected chi connectivity index (χ2v) is 4.82. The third-order valence-corrected chi connectivity index (χ3v) is 3.02. The predicted molar refractivity (Wildman–Crippen MR) is 80.5 cm³/mol. The lowest BCUT2D eigenvalue weighted by Gasteiger charge is -2.07. The molecule has 3 rings (SSSR count). The van der Waals surface area contributed by atoms with Gasteiger partial charge in [-0.25, -0.2) is 0 Å². The zero-order chi connectivity index (χ0) is 16.1. The van der Waals surface area contributed by atoms with Crippen molar-refractivity contribution in [1.29, 1.82) is 0 Å². The Labute approximate surface area is 132 Å². The van der Waals surface area contributed by atoms with Gasteiger partial charge in [0.1, 0.15) is 11.5 Å². The van der Waals surface area contributed by atoms with E-state index in [0.29, 0.717) is 29.8 Å². The fraction of sp³-hybridized carbons (Fsp3) is 0.188. The van der Waals surface area contributed by atoms with Crippen molar-refractivity contribution < 1.29 is 18.5 Å². The van der Waals surface area contributed by atoms with Crippen LogP contribution in [0.2, 0.25) is 0 Å². The molecular formula is C16H15N3O4. The lowest BCUT2D eigenvalue weighted by molar-refractivity contribution is -0.123. The van der Waals surface area contributed by atoms with Crippen molar-refractivity contribution in [2.45, 2.75) is 13.5 Å². The molecule has 23 heavy (non-hydrogen) atoms. The van der Waals surface area contributed by atoms with Crippen LogP contribution in [0.1, 0.15) is 11.6 Å². The Morgan fingerprint density at radius 3 is 2.96 bits per heavy atom. The molecule has 0 aliphatic heterocycles. The number of furan rings is 1. The summed E-state index contributed by atoms with van der Waals surface area (Å²) in [6, 6.07) is 10.7. The molecule has 0 aliphatic rings. The average molecular weight is 313 g/mol. The van der Waals surface area contributed by atoms with Crippen LogP contribution in [-0.4, -0.2) is 22.7 Å². The molecule has 0 radical (unpaired) electrons. The van der Waals surface area contributed by atoms with Crippen LogP contribution < -0.4 is 10.1 Å².